The second-order valence-electron chi connectivity index (χ2n) is 8.50. The Kier molecular flexibility index (Phi) is 8.55. The Bertz CT molecular complexity index is 1250. The molecule has 1 aliphatic heterocycles. The molecule has 3 aromatic rings. The molecule has 1 aromatic carbocycles. The molecule has 2 amide bonds. The summed E-state index contributed by atoms with van der Waals surface area (Å²) >= 11 is 1.39. The summed E-state index contributed by atoms with van der Waals surface area (Å²) in [6.45, 7) is 0.532. The summed E-state index contributed by atoms with van der Waals surface area (Å²) in [6.07, 6.45) is 6.57. The molecule has 1 saturated carbocycles. The maximum Gasteiger partial charge on any atom is 0.409 e. The van der Waals surface area contributed by atoms with Gasteiger partial charge >= 0.3 is 6.09 Å². The summed E-state index contributed by atoms with van der Waals surface area (Å²) in [5.41, 5.74) is 2.83. The Balaban J connectivity index is 0.000000174. The molecule has 3 heterocycles. The fraction of sp³-hybridized carbons (Fsp3) is 0.360. The summed E-state index contributed by atoms with van der Waals surface area (Å²) in [7, 11) is 1.49. The number of rotatable bonds is 5. The van der Waals surface area contributed by atoms with Crippen molar-refractivity contribution < 1.29 is 23.8 Å². The number of carbonyl (C=O) groups is 2. The SMILES string of the molecule is COc1ccc2nccc(NC(=O)O)c2n1.O=C1CSc2cc(F)c(CNC3CCCCC3)cc2N1. The van der Waals surface area contributed by atoms with Gasteiger partial charge in [0.15, 0.2) is 0 Å². The highest BCUT2D eigenvalue weighted by Gasteiger charge is 2.19. The largest absolute Gasteiger partial charge is 0.481 e. The molecule has 2 aromatic heterocycles. The van der Waals surface area contributed by atoms with Crippen LogP contribution in [0.3, 0.4) is 0 Å². The molecular formula is C25H28FN5O4S. The number of amides is 2. The third-order valence-electron chi connectivity index (χ3n) is 5.98. The molecule has 11 heteroatoms. The van der Waals surface area contributed by atoms with Gasteiger partial charge in [0.2, 0.25) is 11.8 Å². The van der Waals surface area contributed by atoms with Crippen molar-refractivity contribution in [2.24, 2.45) is 0 Å². The highest BCUT2D eigenvalue weighted by Crippen LogP contribution is 2.33. The Hall–Kier alpha value is -3.44. The first-order valence-corrected chi connectivity index (χ1v) is 12.7. The number of pyridine rings is 2. The van der Waals surface area contributed by atoms with Crippen molar-refractivity contribution in [3.05, 3.63) is 47.9 Å². The number of methoxy groups -OCH3 is 1. The molecule has 1 fully saturated rings. The van der Waals surface area contributed by atoms with Crippen LogP contribution in [-0.2, 0) is 11.3 Å². The van der Waals surface area contributed by atoms with Gasteiger partial charge in [-0.3, -0.25) is 15.1 Å². The number of nitrogens with zero attached hydrogens (tertiary/aromatic N) is 2. The van der Waals surface area contributed by atoms with Crippen LogP contribution in [0, 0.1) is 5.82 Å². The number of ether oxygens (including phenoxy) is 1. The van der Waals surface area contributed by atoms with Gasteiger partial charge in [-0.25, -0.2) is 14.2 Å². The van der Waals surface area contributed by atoms with Crippen molar-refractivity contribution in [3.8, 4) is 5.88 Å². The predicted molar refractivity (Wildman–Crippen MR) is 137 cm³/mol. The molecule has 0 saturated heterocycles. The molecule has 5 rings (SSSR count). The third kappa shape index (κ3) is 6.61. The number of nitrogens with one attached hydrogen (secondary N) is 3. The maximum atomic E-state index is 14.1. The van der Waals surface area contributed by atoms with Crippen molar-refractivity contribution in [3.63, 3.8) is 0 Å². The summed E-state index contributed by atoms with van der Waals surface area (Å²) in [4.78, 5) is 31.0. The normalized spacial score (nSPS) is 15.3. The lowest BCUT2D eigenvalue weighted by molar-refractivity contribution is -0.113. The zero-order chi connectivity index (χ0) is 25.5. The van der Waals surface area contributed by atoms with Crippen molar-refractivity contribution in [2.45, 2.75) is 49.6 Å². The number of thioether (sulfide) groups is 1. The molecule has 36 heavy (non-hydrogen) atoms. The van der Waals surface area contributed by atoms with Gasteiger partial charge in [0, 0.05) is 35.3 Å². The molecular weight excluding hydrogens is 485 g/mol. The molecule has 190 valence electrons. The van der Waals surface area contributed by atoms with Crippen molar-refractivity contribution in [1.82, 2.24) is 15.3 Å². The Morgan fingerprint density at radius 3 is 2.81 bits per heavy atom. The van der Waals surface area contributed by atoms with Crippen LogP contribution in [0.1, 0.15) is 37.7 Å². The number of halogens is 1. The molecule has 0 bridgehead atoms. The van der Waals surface area contributed by atoms with Crippen LogP contribution in [0.15, 0.2) is 41.4 Å². The Morgan fingerprint density at radius 2 is 2.06 bits per heavy atom. The predicted octanol–water partition coefficient (Wildman–Crippen LogP) is 5.02. The summed E-state index contributed by atoms with van der Waals surface area (Å²) in [5, 5.41) is 17.2. The van der Waals surface area contributed by atoms with E-state index in [4.69, 9.17) is 9.84 Å². The van der Waals surface area contributed by atoms with E-state index >= 15 is 0 Å². The number of anilines is 2. The lowest BCUT2D eigenvalue weighted by Crippen LogP contribution is -2.30. The fourth-order valence-corrected chi connectivity index (χ4v) is 4.99. The van der Waals surface area contributed by atoms with Crippen molar-refractivity contribution in [1.29, 1.82) is 0 Å². The van der Waals surface area contributed by atoms with Crippen molar-refractivity contribution >= 4 is 46.2 Å². The van der Waals surface area contributed by atoms with Crippen molar-refractivity contribution in [2.75, 3.05) is 23.5 Å². The third-order valence-corrected chi connectivity index (χ3v) is 7.03. The van der Waals surface area contributed by atoms with E-state index in [1.165, 1.54) is 63.2 Å². The van der Waals surface area contributed by atoms with Gasteiger partial charge in [-0.05, 0) is 37.1 Å². The zero-order valence-corrected chi connectivity index (χ0v) is 20.7. The van der Waals surface area contributed by atoms with Gasteiger partial charge in [0.05, 0.1) is 29.8 Å². The van der Waals surface area contributed by atoms with Crippen LogP contribution in [0.5, 0.6) is 5.88 Å². The lowest BCUT2D eigenvalue weighted by atomic mass is 9.95. The van der Waals surface area contributed by atoms with Gasteiger partial charge in [-0.2, -0.15) is 0 Å². The number of fused-ring (bicyclic) bond motifs is 2. The fourth-order valence-electron chi connectivity index (χ4n) is 4.18. The highest BCUT2D eigenvalue weighted by atomic mass is 32.2. The van der Waals surface area contributed by atoms with Gasteiger partial charge in [-0.1, -0.05) is 19.3 Å². The Labute approximate surface area is 212 Å². The quantitative estimate of drug-likeness (QED) is 0.375. The van der Waals surface area contributed by atoms with Crippen LogP contribution in [0.25, 0.3) is 11.0 Å². The van der Waals surface area contributed by atoms with Gasteiger partial charge in [0.1, 0.15) is 11.3 Å². The van der Waals surface area contributed by atoms with E-state index in [2.05, 4.69) is 25.9 Å². The average Bonchev–Trinajstić information content (AvgIpc) is 2.88. The molecule has 0 radical (unpaired) electrons. The minimum atomic E-state index is -1.14. The molecule has 1 aliphatic carbocycles. The molecule has 4 N–H and O–H groups in total. The number of aromatic nitrogens is 2. The number of benzene rings is 1. The molecule has 0 unspecified atom stereocenters. The van der Waals surface area contributed by atoms with Crippen LogP contribution in [0.4, 0.5) is 20.6 Å². The Morgan fingerprint density at radius 1 is 1.25 bits per heavy atom. The number of hydrogen-bond donors (Lipinski definition) is 4. The standard InChI is InChI=1S/C15H19FN2OS.C10H9N3O3/c16-12-7-14-13(18-15(19)9-20-14)6-10(12)8-17-11-4-2-1-3-5-11;1-16-8-3-2-6-9(13-8)7(4-5-11-6)12-10(14)15/h6-7,11,17H,1-5,8-9H2,(H,18,19);2-5H,1H3,(H,11,12)(H,14,15). The van der Waals surface area contributed by atoms with Gasteiger partial charge < -0.3 is 20.5 Å². The van der Waals surface area contributed by atoms with Gasteiger partial charge in [-0.15, -0.1) is 11.8 Å². The van der Waals surface area contributed by atoms with E-state index in [1.54, 1.807) is 24.3 Å². The second-order valence-corrected chi connectivity index (χ2v) is 9.52. The minimum absolute atomic E-state index is 0.0136. The van der Waals surface area contributed by atoms with Crippen LogP contribution >= 0.6 is 11.8 Å². The van der Waals surface area contributed by atoms with Crippen LogP contribution in [0.2, 0.25) is 0 Å². The maximum absolute atomic E-state index is 14.1. The monoisotopic (exact) mass is 513 g/mol. The smallest absolute Gasteiger partial charge is 0.409 e. The first kappa shape index (κ1) is 25.6. The van der Waals surface area contributed by atoms with E-state index in [0.29, 0.717) is 46.5 Å². The lowest BCUT2D eigenvalue weighted by Gasteiger charge is -2.23. The minimum Gasteiger partial charge on any atom is -0.481 e. The second kappa shape index (κ2) is 12.0. The first-order chi connectivity index (χ1) is 17.4. The first-order valence-electron chi connectivity index (χ1n) is 11.7. The number of hydrogen-bond acceptors (Lipinski definition) is 7. The summed E-state index contributed by atoms with van der Waals surface area (Å²) in [5.74, 6) is 0.580. The molecule has 2 aliphatic rings. The summed E-state index contributed by atoms with van der Waals surface area (Å²) < 4.78 is 19.0. The van der Waals surface area contributed by atoms with E-state index in [0.717, 1.165) is 10.6 Å². The van der Waals surface area contributed by atoms with E-state index in [-0.39, 0.29) is 11.7 Å². The summed E-state index contributed by atoms with van der Waals surface area (Å²) in [6, 6.07) is 8.74. The topological polar surface area (TPSA) is 125 Å². The van der Waals surface area contributed by atoms with Gasteiger partial charge in [0.25, 0.3) is 0 Å². The average molecular weight is 514 g/mol. The molecule has 0 spiro atoms. The number of carboxylic acid groups (broad SMARTS) is 1. The van der Waals surface area contributed by atoms with E-state index < -0.39 is 6.09 Å². The van der Waals surface area contributed by atoms with Crippen LogP contribution in [-0.4, -0.2) is 46.0 Å². The molecule has 9 nitrogen and oxygen atoms in total. The number of carbonyl (C=O) groups excluding carboxylic acids is 1. The van der Waals surface area contributed by atoms with Crippen LogP contribution < -0.4 is 20.7 Å². The highest BCUT2D eigenvalue weighted by molar-refractivity contribution is 8.00. The van der Waals surface area contributed by atoms with E-state index in [1.807, 2.05) is 0 Å². The molecule has 0 atom stereocenters. The van der Waals surface area contributed by atoms with E-state index in [9.17, 15) is 14.0 Å². The zero-order valence-electron chi connectivity index (χ0n) is 19.8.